The fourth-order valence-corrected chi connectivity index (χ4v) is 2.87. The topological polar surface area (TPSA) is 43.8 Å². The molecule has 1 aliphatic carbocycles. The van der Waals surface area contributed by atoms with Gasteiger partial charge in [-0.3, -0.25) is 0 Å². The number of nitrogens with two attached hydrogens (primary N) is 1. The summed E-state index contributed by atoms with van der Waals surface area (Å²) in [7, 11) is 0. The third kappa shape index (κ3) is 1.96. The van der Waals surface area contributed by atoms with Gasteiger partial charge in [-0.05, 0) is 31.4 Å². The van der Waals surface area contributed by atoms with Crippen LogP contribution in [0.25, 0.3) is 11.0 Å². The molecule has 3 rings (SSSR count). The van der Waals surface area contributed by atoms with Gasteiger partial charge < -0.3 is 10.3 Å². The Morgan fingerprint density at radius 1 is 1.47 bits per heavy atom. The van der Waals surface area contributed by atoms with Gasteiger partial charge in [-0.15, -0.1) is 0 Å². The number of nitrogens with zero attached hydrogens (tertiary/aromatic N) is 2. The van der Waals surface area contributed by atoms with Crippen LogP contribution in [0.1, 0.15) is 45.0 Å². The first-order valence-corrected chi connectivity index (χ1v) is 7.35. The van der Waals surface area contributed by atoms with Gasteiger partial charge >= 0.3 is 0 Å². The van der Waals surface area contributed by atoms with Crippen molar-refractivity contribution in [2.45, 2.75) is 44.6 Å². The van der Waals surface area contributed by atoms with Gasteiger partial charge in [0.2, 0.25) is 0 Å². The van der Waals surface area contributed by atoms with Crippen molar-refractivity contribution < 1.29 is 0 Å². The van der Waals surface area contributed by atoms with Crippen LogP contribution in [-0.4, -0.2) is 16.1 Å². The highest BCUT2D eigenvalue weighted by Crippen LogP contribution is 2.43. The molecule has 0 aliphatic heterocycles. The Labute approximate surface area is 118 Å². The van der Waals surface area contributed by atoms with E-state index < -0.39 is 0 Å². The van der Waals surface area contributed by atoms with Gasteiger partial charge in [-0.25, -0.2) is 4.98 Å². The zero-order valence-corrected chi connectivity index (χ0v) is 12.2. The molecule has 0 radical (unpaired) electrons. The predicted octanol–water partition coefficient (Wildman–Crippen LogP) is 3.65. The highest BCUT2D eigenvalue weighted by Gasteiger charge is 2.36. The van der Waals surface area contributed by atoms with Crippen molar-refractivity contribution in [3.8, 4) is 0 Å². The molecule has 2 N–H and O–H groups in total. The zero-order chi connectivity index (χ0) is 13.6. The molecule has 0 spiro atoms. The van der Waals surface area contributed by atoms with Crippen molar-refractivity contribution in [3.05, 3.63) is 29.0 Å². The molecule has 0 saturated heterocycles. The number of benzene rings is 1. The number of hydrogen-bond donors (Lipinski definition) is 1. The van der Waals surface area contributed by atoms with E-state index in [1.54, 1.807) is 0 Å². The minimum atomic E-state index is -0.0784. The summed E-state index contributed by atoms with van der Waals surface area (Å²) in [6, 6.07) is 6.50. The van der Waals surface area contributed by atoms with E-state index >= 15 is 0 Å². The second kappa shape index (κ2) is 4.50. The molecule has 1 atom stereocenters. The van der Waals surface area contributed by atoms with Crippen LogP contribution in [0.15, 0.2) is 18.2 Å². The number of imidazole rings is 1. The minimum absolute atomic E-state index is 0.0784. The van der Waals surface area contributed by atoms with Gasteiger partial charge in [0.05, 0.1) is 16.1 Å². The maximum absolute atomic E-state index is 6.39. The number of para-hydroxylation sites is 1. The van der Waals surface area contributed by atoms with E-state index in [2.05, 4.69) is 18.4 Å². The van der Waals surface area contributed by atoms with Crippen LogP contribution in [0, 0.1) is 0 Å². The van der Waals surface area contributed by atoms with Gasteiger partial charge in [0.15, 0.2) is 0 Å². The molecule has 2 aromatic rings. The third-order valence-electron chi connectivity index (χ3n) is 4.34. The maximum atomic E-state index is 6.39. The first-order chi connectivity index (χ1) is 9.10. The molecule has 1 saturated carbocycles. The van der Waals surface area contributed by atoms with Crippen LogP contribution in [0.2, 0.25) is 5.02 Å². The highest BCUT2D eigenvalue weighted by molar-refractivity contribution is 6.35. The van der Waals surface area contributed by atoms with Crippen molar-refractivity contribution in [2.24, 2.45) is 5.73 Å². The molecule has 4 heteroatoms. The normalized spacial score (nSPS) is 18.7. The molecular formula is C15H20ClN3. The van der Waals surface area contributed by atoms with Gasteiger partial charge in [-0.1, -0.05) is 31.5 Å². The Morgan fingerprint density at radius 2 is 2.21 bits per heavy atom. The van der Waals surface area contributed by atoms with Gasteiger partial charge in [0, 0.05) is 18.0 Å². The molecule has 19 heavy (non-hydrogen) atoms. The summed E-state index contributed by atoms with van der Waals surface area (Å²) in [5.41, 5.74) is 8.00. The van der Waals surface area contributed by atoms with E-state index in [0.29, 0.717) is 12.6 Å². The van der Waals surface area contributed by atoms with E-state index in [1.807, 2.05) is 18.2 Å². The van der Waals surface area contributed by atoms with E-state index in [1.165, 1.54) is 12.8 Å². The molecule has 1 aromatic carbocycles. The first-order valence-electron chi connectivity index (χ1n) is 6.97. The molecule has 1 fully saturated rings. The molecule has 1 aromatic heterocycles. The smallest absolute Gasteiger partial charge is 0.117 e. The maximum Gasteiger partial charge on any atom is 0.117 e. The average Bonchev–Trinajstić information content (AvgIpc) is 3.18. The van der Waals surface area contributed by atoms with Crippen molar-refractivity contribution in [3.63, 3.8) is 0 Å². The molecular weight excluding hydrogens is 258 g/mol. The van der Waals surface area contributed by atoms with Crippen molar-refractivity contribution in [2.75, 3.05) is 6.54 Å². The molecule has 1 aliphatic rings. The lowest BCUT2D eigenvalue weighted by Gasteiger charge is -2.27. The molecule has 102 valence electrons. The van der Waals surface area contributed by atoms with E-state index in [-0.39, 0.29) is 5.41 Å². The van der Waals surface area contributed by atoms with E-state index in [9.17, 15) is 0 Å². The Balaban J connectivity index is 2.30. The number of aromatic nitrogens is 2. The van der Waals surface area contributed by atoms with Crippen molar-refractivity contribution in [1.82, 2.24) is 9.55 Å². The summed E-state index contributed by atoms with van der Waals surface area (Å²) < 4.78 is 2.34. The number of fused-ring (bicyclic) bond motifs is 1. The minimum Gasteiger partial charge on any atom is -0.329 e. The fraction of sp³-hybridized carbons (Fsp3) is 0.533. The average molecular weight is 278 g/mol. The lowest BCUT2D eigenvalue weighted by Crippen LogP contribution is -2.34. The second-order valence-corrected chi connectivity index (χ2v) is 6.17. The summed E-state index contributed by atoms with van der Waals surface area (Å²) in [5.74, 6) is 1.10. The predicted molar refractivity (Wildman–Crippen MR) is 79.7 cm³/mol. The van der Waals surface area contributed by atoms with Crippen molar-refractivity contribution in [1.29, 1.82) is 0 Å². The molecule has 1 unspecified atom stereocenters. The quantitative estimate of drug-likeness (QED) is 0.927. The highest BCUT2D eigenvalue weighted by atomic mass is 35.5. The Kier molecular flexibility index (Phi) is 3.06. The van der Waals surface area contributed by atoms with Crippen LogP contribution >= 0.6 is 11.6 Å². The molecule has 0 bridgehead atoms. The van der Waals surface area contributed by atoms with Crippen molar-refractivity contribution >= 4 is 22.6 Å². The third-order valence-corrected chi connectivity index (χ3v) is 4.65. The summed E-state index contributed by atoms with van der Waals surface area (Å²) in [6.45, 7) is 4.98. The van der Waals surface area contributed by atoms with E-state index in [4.69, 9.17) is 22.3 Å². The number of hydrogen-bond acceptors (Lipinski definition) is 2. The van der Waals surface area contributed by atoms with Gasteiger partial charge in [0.25, 0.3) is 0 Å². The molecule has 1 heterocycles. The summed E-state index contributed by atoms with van der Waals surface area (Å²) in [5, 5.41) is 0.790. The lowest BCUT2D eigenvalue weighted by atomic mass is 9.86. The number of halogens is 1. The lowest BCUT2D eigenvalue weighted by molar-refractivity contribution is 0.418. The largest absolute Gasteiger partial charge is 0.329 e. The summed E-state index contributed by atoms with van der Waals surface area (Å²) in [6.07, 6.45) is 3.42. The summed E-state index contributed by atoms with van der Waals surface area (Å²) >= 11 is 6.39. The van der Waals surface area contributed by atoms with Crippen LogP contribution in [-0.2, 0) is 5.41 Å². The first kappa shape index (κ1) is 12.9. The van der Waals surface area contributed by atoms with E-state index in [0.717, 1.165) is 28.3 Å². The Morgan fingerprint density at radius 3 is 2.79 bits per heavy atom. The van der Waals surface area contributed by atoms with Gasteiger partial charge in [-0.2, -0.15) is 0 Å². The second-order valence-electron chi connectivity index (χ2n) is 5.76. The Hall–Kier alpha value is -1.06. The standard InChI is InChI=1S/C15H20ClN3/c1-3-15(2,9-17)14-18-12-6-4-5-11(16)13(12)19(14)10-7-8-10/h4-6,10H,3,7-9,17H2,1-2H3. The zero-order valence-electron chi connectivity index (χ0n) is 11.5. The SMILES string of the molecule is CCC(C)(CN)c1nc2cccc(Cl)c2n1C1CC1. The fourth-order valence-electron chi connectivity index (χ4n) is 2.61. The number of rotatable bonds is 4. The van der Waals surface area contributed by atoms with Crippen LogP contribution < -0.4 is 5.73 Å². The summed E-state index contributed by atoms with van der Waals surface area (Å²) in [4.78, 5) is 4.85. The molecule has 0 amide bonds. The van der Waals surface area contributed by atoms with Crippen LogP contribution in [0.4, 0.5) is 0 Å². The molecule has 3 nitrogen and oxygen atoms in total. The Bertz CT molecular complexity index is 609. The monoisotopic (exact) mass is 277 g/mol. The van der Waals surface area contributed by atoms with Crippen LogP contribution in [0.3, 0.4) is 0 Å². The van der Waals surface area contributed by atoms with Gasteiger partial charge in [0.1, 0.15) is 5.82 Å². The van der Waals surface area contributed by atoms with Crippen LogP contribution in [0.5, 0.6) is 0 Å².